The summed E-state index contributed by atoms with van der Waals surface area (Å²) in [5.41, 5.74) is 0.907. The number of amides is 1. The molecule has 186 valence electrons. The van der Waals surface area contributed by atoms with Crippen LogP contribution in [0.2, 0.25) is 5.02 Å². The predicted octanol–water partition coefficient (Wildman–Crippen LogP) is 3.62. The summed E-state index contributed by atoms with van der Waals surface area (Å²) in [6.07, 6.45) is -1.11. The van der Waals surface area contributed by atoms with Gasteiger partial charge in [-0.25, -0.2) is 0 Å². The third-order valence-corrected chi connectivity index (χ3v) is 6.21. The third-order valence-electron chi connectivity index (χ3n) is 4.84. The highest BCUT2D eigenvalue weighted by molar-refractivity contribution is 8.18. The van der Waals surface area contributed by atoms with E-state index >= 15 is 0 Å². The van der Waals surface area contributed by atoms with Gasteiger partial charge in [0.2, 0.25) is 0 Å². The van der Waals surface area contributed by atoms with E-state index in [1.165, 1.54) is 0 Å². The zero-order chi connectivity index (χ0) is 25.6. The number of anilines is 1. The van der Waals surface area contributed by atoms with Crippen molar-refractivity contribution in [2.45, 2.75) is 12.7 Å². The largest absolute Gasteiger partial charge is 0.417 e. The Labute approximate surface area is 208 Å². The van der Waals surface area contributed by atoms with E-state index in [1.54, 1.807) is 29.2 Å². The van der Waals surface area contributed by atoms with E-state index < -0.39 is 17.6 Å². The third kappa shape index (κ3) is 6.82. The van der Waals surface area contributed by atoms with Crippen LogP contribution in [0, 0.1) is 5.41 Å². The highest BCUT2D eigenvalue weighted by Crippen LogP contribution is 2.32. The fourth-order valence-corrected chi connectivity index (χ4v) is 4.31. The highest BCUT2D eigenvalue weighted by atomic mass is 35.5. The number of aliphatic hydroxyl groups excluding tert-OH is 2. The number of carbonyl (C=O) groups is 1. The zero-order valence-corrected chi connectivity index (χ0v) is 19.7. The van der Waals surface area contributed by atoms with Gasteiger partial charge in [0.1, 0.15) is 0 Å². The Bertz CT molecular complexity index is 1170. The Kier molecular flexibility index (Phi) is 8.89. The van der Waals surface area contributed by atoms with E-state index in [-0.39, 0.29) is 43.6 Å². The number of hydrogen-bond donors (Lipinski definition) is 4. The predicted molar refractivity (Wildman–Crippen MR) is 130 cm³/mol. The molecule has 1 aliphatic rings. The van der Waals surface area contributed by atoms with Crippen LogP contribution in [0.5, 0.6) is 0 Å². The van der Waals surface area contributed by atoms with Gasteiger partial charge in [-0.15, -0.1) is 0 Å². The number of halogens is 4. The lowest BCUT2D eigenvalue weighted by atomic mass is 10.1. The van der Waals surface area contributed by atoms with E-state index in [1.807, 2.05) is 0 Å². The van der Waals surface area contributed by atoms with Gasteiger partial charge >= 0.3 is 6.18 Å². The Hall–Kier alpha value is -2.93. The molecule has 13 heteroatoms. The first kappa shape index (κ1) is 26.7. The number of aliphatic imine (C=N–C) groups is 1. The minimum Gasteiger partial charge on any atom is -0.395 e. The van der Waals surface area contributed by atoms with Crippen molar-refractivity contribution in [2.24, 2.45) is 4.99 Å². The number of nitrogens with one attached hydrogen (secondary N) is 2. The Balaban J connectivity index is 1.73. The van der Waals surface area contributed by atoms with Gasteiger partial charge in [-0.2, -0.15) is 18.2 Å². The number of alkyl halides is 3. The summed E-state index contributed by atoms with van der Waals surface area (Å²) in [5.74, 6) is -0.451. The summed E-state index contributed by atoms with van der Waals surface area (Å²) in [5, 5.41) is 29.3. The van der Waals surface area contributed by atoms with E-state index in [2.05, 4.69) is 15.3 Å². The molecule has 0 saturated heterocycles. The van der Waals surface area contributed by atoms with Crippen LogP contribution in [0.15, 0.2) is 40.4 Å². The van der Waals surface area contributed by atoms with Crippen molar-refractivity contribution in [3.05, 3.63) is 62.8 Å². The fraction of sp³-hybridized carbons (Fsp3) is 0.273. The van der Waals surface area contributed by atoms with Gasteiger partial charge in [-0.1, -0.05) is 17.7 Å². The molecule has 1 aliphatic heterocycles. The lowest BCUT2D eigenvalue weighted by molar-refractivity contribution is -0.137. The first-order valence-corrected chi connectivity index (χ1v) is 11.4. The van der Waals surface area contributed by atoms with Crippen LogP contribution >= 0.6 is 23.4 Å². The van der Waals surface area contributed by atoms with Crippen LogP contribution in [0.1, 0.15) is 22.4 Å². The first-order chi connectivity index (χ1) is 16.7. The lowest BCUT2D eigenvalue weighted by Gasteiger charge is -2.20. The van der Waals surface area contributed by atoms with E-state index in [0.717, 1.165) is 24.0 Å². The zero-order valence-electron chi connectivity index (χ0n) is 18.1. The second kappa shape index (κ2) is 11.7. The molecule has 0 bridgehead atoms. The molecule has 0 fully saturated rings. The van der Waals surface area contributed by atoms with Crippen LogP contribution in [0.3, 0.4) is 0 Å². The van der Waals surface area contributed by atoms with Crippen molar-refractivity contribution in [3.8, 4) is 0 Å². The van der Waals surface area contributed by atoms with Crippen LogP contribution in [0.4, 0.5) is 18.9 Å². The van der Waals surface area contributed by atoms with Gasteiger partial charge in [0.05, 0.1) is 40.9 Å². The Morgan fingerprint density at radius 3 is 2.51 bits per heavy atom. The van der Waals surface area contributed by atoms with Gasteiger partial charge in [0, 0.05) is 36.8 Å². The minimum absolute atomic E-state index is 0.0370. The number of pyridine rings is 1. The van der Waals surface area contributed by atoms with Crippen molar-refractivity contribution in [3.63, 3.8) is 0 Å². The number of aliphatic hydroxyl groups is 2. The van der Waals surface area contributed by atoms with Gasteiger partial charge < -0.3 is 25.8 Å². The molecule has 1 aromatic carbocycles. The van der Waals surface area contributed by atoms with Crippen molar-refractivity contribution in [2.75, 3.05) is 31.6 Å². The number of thioether (sulfide) groups is 1. The average Bonchev–Trinajstić information content (AvgIpc) is 3.17. The normalized spacial score (nSPS) is 14.9. The maximum absolute atomic E-state index is 12.8. The molecule has 0 radical (unpaired) electrons. The molecule has 3 rings (SSSR count). The number of aromatic nitrogens is 1. The monoisotopic (exact) mass is 527 g/mol. The van der Waals surface area contributed by atoms with Crippen LogP contribution in [0.25, 0.3) is 6.08 Å². The summed E-state index contributed by atoms with van der Waals surface area (Å²) >= 11 is 7.07. The number of benzene rings is 1. The van der Waals surface area contributed by atoms with Crippen molar-refractivity contribution < 1.29 is 28.2 Å². The number of rotatable bonds is 9. The molecular formula is C22H21ClF3N5O3S. The molecule has 4 N–H and O–H groups in total. The number of nitrogens with zero attached hydrogens (tertiary/aromatic N) is 3. The number of carbonyl (C=O) groups excluding carboxylic acids is 1. The molecule has 0 spiro atoms. The van der Waals surface area contributed by atoms with Gasteiger partial charge in [0.25, 0.3) is 5.91 Å². The SMILES string of the molecule is N=Cc1cc(/C=C2\SC(N(CCO)CCO)=NC2=O)ccc1NCc1ncc(C(F)(F)F)cc1Cl. The van der Waals surface area contributed by atoms with Gasteiger partial charge in [-0.3, -0.25) is 9.78 Å². The smallest absolute Gasteiger partial charge is 0.395 e. The van der Waals surface area contributed by atoms with Crippen molar-refractivity contribution >= 4 is 52.4 Å². The quantitative estimate of drug-likeness (QED) is 0.290. The van der Waals surface area contributed by atoms with E-state index in [9.17, 15) is 28.2 Å². The standard InChI is InChI=1S/C22H21ClF3N5O3S/c23-16-9-15(22(24,25)26)11-28-18(16)12-29-17-2-1-13(7-14(17)10-27)8-19-20(34)30-21(35-19)31(3-5-32)4-6-33/h1-2,7-11,27,29,32-33H,3-6,12H2/b19-8-,27-10?. The number of amidine groups is 1. The molecule has 2 heterocycles. The van der Waals surface area contributed by atoms with E-state index in [4.69, 9.17) is 17.0 Å². The Morgan fingerprint density at radius 2 is 1.91 bits per heavy atom. The fourth-order valence-electron chi connectivity index (χ4n) is 3.11. The summed E-state index contributed by atoms with van der Waals surface area (Å²) in [6, 6.07) is 5.85. The van der Waals surface area contributed by atoms with Crippen LogP contribution in [-0.2, 0) is 17.5 Å². The molecule has 0 saturated carbocycles. The molecule has 35 heavy (non-hydrogen) atoms. The number of hydrogen-bond acceptors (Lipinski definition) is 8. The van der Waals surface area contributed by atoms with Crippen molar-refractivity contribution in [1.82, 2.24) is 9.88 Å². The Morgan fingerprint density at radius 1 is 1.20 bits per heavy atom. The van der Waals surface area contributed by atoms with Crippen molar-refractivity contribution in [1.29, 1.82) is 5.41 Å². The highest BCUT2D eigenvalue weighted by Gasteiger charge is 2.31. The van der Waals surface area contributed by atoms with Crippen LogP contribution < -0.4 is 5.32 Å². The first-order valence-electron chi connectivity index (χ1n) is 10.3. The molecule has 1 amide bonds. The van der Waals surface area contributed by atoms with Crippen LogP contribution in [-0.4, -0.2) is 63.7 Å². The molecule has 0 unspecified atom stereocenters. The minimum atomic E-state index is -4.54. The topological polar surface area (TPSA) is 122 Å². The summed E-state index contributed by atoms with van der Waals surface area (Å²) < 4.78 is 38.4. The lowest BCUT2D eigenvalue weighted by Crippen LogP contribution is -2.33. The second-order valence-corrected chi connectivity index (χ2v) is 8.66. The molecule has 2 aromatic rings. The molecule has 1 aromatic heterocycles. The summed E-state index contributed by atoms with van der Waals surface area (Å²) in [4.78, 5) is 22.1. The van der Waals surface area contributed by atoms with Gasteiger partial charge in [-0.05, 0) is 41.6 Å². The van der Waals surface area contributed by atoms with Gasteiger partial charge in [0.15, 0.2) is 5.17 Å². The maximum atomic E-state index is 12.8. The van der Waals surface area contributed by atoms with E-state index in [0.29, 0.717) is 33.1 Å². The molecule has 8 nitrogen and oxygen atoms in total. The summed E-state index contributed by atoms with van der Waals surface area (Å²) in [6.45, 7) is 0.176. The average molecular weight is 528 g/mol. The summed E-state index contributed by atoms with van der Waals surface area (Å²) in [7, 11) is 0. The molecule has 0 atom stereocenters. The molecular weight excluding hydrogens is 507 g/mol. The maximum Gasteiger partial charge on any atom is 0.417 e. The molecule has 0 aliphatic carbocycles. The second-order valence-electron chi connectivity index (χ2n) is 7.24.